The van der Waals surface area contributed by atoms with Gasteiger partial charge < -0.3 is 35.3 Å². The summed E-state index contributed by atoms with van der Waals surface area (Å²) in [5.41, 5.74) is 8.20. The molecule has 5 rings (SSSR count). The van der Waals surface area contributed by atoms with Crippen LogP contribution in [0, 0.1) is 12.3 Å². The number of anilines is 2. The third-order valence-electron chi connectivity index (χ3n) is 7.68. The third kappa shape index (κ3) is 5.41. The lowest BCUT2D eigenvalue weighted by atomic mass is 10.1. The van der Waals surface area contributed by atoms with Gasteiger partial charge in [0.2, 0.25) is 5.91 Å². The maximum Gasteiger partial charge on any atom is 0.319 e. The molecule has 0 spiro atoms. The number of nitrogens with one attached hydrogen (secondary N) is 1. The number of benzene rings is 2. The second-order valence-electron chi connectivity index (χ2n) is 10.1. The molecule has 1 amide bonds. The number of likely N-dealkylation sites (tertiary alicyclic amines) is 1. The lowest BCUT2D eigenvalue weighted by molar-refractivity contribution is -0.126. The molecule has 1 atom stereocenters. The van der Waals surface area contributed by atoms with Gasteiger partial charge in [-0.2, -0.15) is 9.97 Å². The standard InChI is InChI=1S/C29H34ClN7O3/c1-4-25(38)36-11-13-37(14-12-36)28-20-8-5-9-24(40-27-18(2)22(30)15-23(32)21(27)16-31)26(20)33-29(34-28)39-17-19-7-6-10-35(19)3/h4-5,8-9,15-16,19,31H,1,6-7,10-14,17,32H2,2-3H3. The predicted octanol–water partition coefficient (Wildman–Crippen LogP) is 4.27. The van der Waals surface area contributed by atoms with Crippen LogP contribution in [0.25, 0.3) is 10.9 Å². The lowest BCUT2D eigenvalue weighted by Gasteiger charge is -2.35. The Bertz CT molecular complexity index is 1460. The number of aromatic nitrogens is 2. The topological polar surface area (TPSA) is 121 Å². The maximum absolute atomic E-state index is 12.1. The number of likely N-dealkylation sites (N-methyl/N-ethyl adjacent to an activating group) is 1. The summed E-state index contributed by atoms with van der Waals surface area (Å²) in [4.78, 5) is 28.0. The van der Waals surface area contributed by atoms with E-state index in [0.29, 0.717) is 83.5 Å². The van der Waals surface area contributed by atoms with Crippen LogP contribution < -0.4 is 20.1 Å². The molecule has 40 heavy (non-hydrogen) atoms. The molecule has 0 bridgehead atoms. The van der Waals surface area contributed by atoms with E-state index in [1.165, 1.54) is 6.08 Å². The molecule has 10 nitrogen and oxygen atoms in total. The van der Waals surface area contributed by atoms with Crippen LogP contribution in [-0.2, 0) is 4.79 Å². The number of hydrogen-bond donors (Lipinski definition) is 2. The Morgan fingerprint density at radius 3 is 2.70 bits per heavy atom. The molecule has 3 aromatic rings. The molecule has 0 radical (unpaired) electrons. The van der Waals surface area contributed by atoms with E-state index in [-0.39, 0.29) is 11.9 Å². The normalized spacial score (nSPS) is 17.7. The monoisotopic (exact) mass is 563 g/mol. The number of carbonyl (C=O) groups excluding carboxylic acids is 1. The number of nitrogens with zero attached hydrogens (tertiary/aromatic N) is 5. The molecule has 3 N–H and O–H groups in total. The van der Waals surface area contributed by atoms with Crippen LogP contribution in [0.15, 0.2) is 36.9 Å². The van der Waals surface area contributed by atoms with Crippen LogP contribution in [0.4, 0.5) is 11.5 Å². The van der Waals surface area contributed by atoms with Crippen LogP contribution in [0.3, 0.4) is 0 Å². The van der Waals surface area contributed by atoms with Gasteiger partial charge >= 0.3 is 6.01 Å². The van der Waals surface area contributed by atoms with Crippen molar-refractivity contribution in [1.29, 1.82) is 5.41 Å². The van der Waals surface area contributed by atoms with Gasteiger partial charge in [-0.3, -0.25) is 4.79 Å². The third-order valence-corrected chi connectivity index (χ3v) is 8.08. The first-order valence-electron chi connectivity index (χ1n) is 13.4. The minimum Gasteiger partial charge on any atom is -0.462 e. The number of para-hydroxylation sites is 1. The van der Waals surface area contributed by atoms with E-state index >= 15 is 0 Å². The van der Waals surface area contributed by atoms with Crippen molar-refractivity contribution in [3.63, 3.8) is 0 Å². The van der Waals surface area contributed by atoms with Crippen LogP contribution in [-0.4, -0.2) is 84.3 Å². The fourth-order valence-corrected chi connectivity index (χ4v) is 5.46. The molecule has 2 aromatic carbocycles. The summed E-state index contributed by atoms with van der Waals surface area (Å²) in [5.74, 6) is 1.51. The highest BCUT2D eigenvalue weighted by Crippen LogP contribution is 2.40. The highest BCUT2D eigenvalue weighted by Gasteiger charge is 2.26. The average molecular weight is 564 g/mol. The molecule has 2 saturated heterocycles. The van der Waals surface area contributed by atoms with Gasteiger partial charge in [0.05, 0.1) is 5.56 Å². The number of nitrogen functional groups attached to an aromatic ring is 1. The number of ether oxygens (including phenoxy) is 2. The van der Waals surface area contributed by atoms with Gasteiger partial charge in [-0.15, -0.1) is 0 Å². The second kappa shape index (κ2) is 11.7. The Labute approximate surface area is 238 Å². The fraction of sp³-hybridized carbons (Fsp3) is 0.379. The minimum atomic E-state index is -0.0780. The zero-order valence-corrected chi connectivity index (χ0v) is 23.6. The number of amides is 1. The van der Waals surface area contributed by atoms with E-state index in [0.717, 1.165) is 31.0 Å². The van der Waals surface area contributed by atoms with E-state index < -0.39 is 0 Å². The quantitative estimate of drug-likeness (QED) is 0.237. The number of carbonyl (C=O) groups is 1. The van der Waals surface area contributed by atoms with Crippen molar-refractivity contribution in [2.45, 2.75) is 25.8 Å². The second-order valence-corrected chi connectivity index (χ2v) is 10.6. The molecule has 1 aromatic heterocycles. The van der Waals surface area contributed by atoms with Crippen molar-refractivity contribution in [1.82, 2.24) is 19.8 Å². The molecule has 2 fully saturated rings. The number of halogens is 1. The molecule has 2 aliphatic rings. The molecule has 0 aliphatic carbocycles. The smallest absolute Gasteiger partial charge is 0.319 e. The highest BCUT2D eigenvalue weighted by atomic mass is 35.5. The number of fused-ring (bicyclic) bond motifs is 1. The first kappa shape index (κ1) is 27.7. The van der Waals surface area contributed by atoms with Gasteiger partial charge in [0, 0.05) is 60.1 Å². The SMILES string of the molecule is C=CC(=O)N1CCN(c2nc(OCC3CCCN3C)nc3c(Oc4c(C)c(Cl)cc(N)c4C=N)cccc23)CC1. The maximum atomic E-state index is 12.1. The van der Waals surface area contributed by atoms with Gasteiger partial charge in [-0.1, -0.05) is 24.2 Å². The van der Waals surface area contributed by atoms with E-state index in [4.69, 9.17) is 42.2 Å². The van der Waals surface area contributed by atoms with Crippen molar-refractivity contribution in [3.8, 4) is 17.5 Å². The first-order valence-corrected chi connectivity index (χ1v) is 13.8. The summed E-state index contributed by atoms with van der Waals surface area (Å²) < 4.78 is 12.6. The van der Waals surface area contributed by atoms with Crippen LogP contribution in [0.1, 0.15) is 24.0 Å². The van der Waals surface area contributed by atoms with Gasteiger partial charge in [-0.25, -0.2) is 0 Å². The Balaban J connectivity index is 1.56. The van der Waals surface area contributed by atoms with Crippen LogP contribution >= 0.6 is 11.6 Å². The van der Waals surface area contributed by atoms with Crippen molar-refractivity contribution < 1.29 is 14.3 Å². The molecule has 0 saturated carbocycles. The molecule has 3 heterocycles. The first-order chi connectivity index (χ1) is 19.3. The van der Waals surface area contributed by atoms with E-state index in [9.17, 15) is 4.79 Å². The Morgan fingerprint density at radius 2 is 2.02 bits per heavy atom. The molecule has 210 valence electrons. The average Bonchev–Trinajstić information content (AvgIpc) is 3.38. The number of piperazine rings is 1. The number of nitrogens with two attached hydrogens (primary N) is 1. The van der Waals surface area contributed by atoms with Gasteiger partial charge in [0.15, 0.2) is 5.75 Å². The predicted molar refractivity (Wildman–Crippen MR) is 158 cm³/mol. The van der Waals surface area contributed by atoms with Gasteiger partial charge in [0.1, 0.15) is 23.7 Å². The fourth-order valence-electron chi connectivity index (χ4n) is 5.26. The Morgan fingerprint density at radius 1 is 1.25 bits per heavy atom. The molecular formula is C29H34ClN7O3. The minimum absolute atomic E-state index is 0.0780. The van der Waals surface area contributed by atoms with Gasteiger partial charge in [-0.05, 0) is 57.6 Å². The zero-order chi connectivity index (χ0) is 28.4. The summed E-state index contributed by atoms with van der Waals surface area (Å²) in [6.07, 6.45) is 4.71. The van der Waals surface area contributed by atoms with Gasteiger partial charge in [0.25, 0.3) is 0 Å². The number of hydrogen-bond acceptors (Lipinski definition) is 9. The van der Waals surface area contributed by atoms with Crippen molar-refractivity contribution in [2.24, 2.45) is 0 Å². The van der Waals surface area contributed by atoms with E-state index in [1.807, 2.05) is 25.1 Å². The van der Waals surface area contributed by atoms with Crippen LogP contribution in [0.5, 0.6) is 17.5 Å². The highest BCUT2D eigenvalue weighted by molar-refractivity contribution is 6.32. The number of rotatable bonds is 8. The Hall–Kier alpha value is -3.89. The summed E-state index contributed by atoms with van der Waals surface area (Å²) in [5, 5.41) is 9.15. The summed E-state index contributed by atoms with van der Waals surface area (Å²) in [7, 11) is 2.10. The largest absolute Gasteiger partial charge is 0.462 e. The molecule has 2 aliphatic heterocycles. The molecule has 11 heteroatoms. The van der Waals surface area contributed by atoms with E-state index in [1.54, 1.807) is 11.0 Å². The zero-order valence-electron chi connectivity index (χ0n) is 22.8. The lowest BCUT2D eigenvalue weighted by Crippen LogP contribution is -2.48. The Kier molecular flexibility index (Phi) is 8.09. The summed E-state index contributed by atoms with van der Waals surface area (Å²) in [6.45, 7) is 9.27. The van der Waals surface area contributed by atoms with Crippen molar-refractivity contribution in [2.75, 3.05) is 57.0 Å². The molecule has 1 unspecified atom stereocenters. The molecular weight excluding hydrogens is 530 g/mol. The van der Waals surface area contributed by atoms with Crippen molar-refractivity contribution >= 4 is 46.1 Å². The van der Waals surface area contributed by atoms with E-state index in [2.05, 4.69) is 23.4 Å². The summed E-state index contributed by atoms with van der Waals surface area (Å²) in [6, 6.07) is 7.83. The van der Waals surface area contributed by atoms with Crippen molar-refractivity contribution in [3.05, 3.63) is 53.1 Å². The summed E-state index contributed by atoms with van der Waals surface area (Å²) >= 11 is 6.42. The van der Waals surface area contributed by atoms with Crippen LogP contribution in [0.2, 0.25) is 5.02 Å².